The molecule has 3 heterocycles. The molecule has 0 radical (unpaired) electrons. The van der Waals surface area contributed by atoms with E-state index in [1.54, 1.807) is 11.3 Å². The summed E-state index contributed by atoms with van der Waals surface area (Å²) in [5.74, 6) is 1.00. The van der Waals surface area contributed by atoms with Crippen LogP contribution >= 0.6 is 11.3 Å². The zero-order valence-corrected chi connectivity index (χ0v) is 9.29. The number of thiophene rings is 1. The average molecular weight is 220 g/mol. The lowest BCUT2D eigenvalue weighted by Gasteiger charge is -2.45. The van der Waals surface area contributed by atoms with Gasteiger partial charge in [0.1, 0.15) is 5.82 Å². The highest BCUT2D eigenvalue weighted by Crippen LogP contribution is 2.33. The number of aromatic nitrogens is 1. The van der Waals surface area contributed by atoms with Crippen LogP contribution in [0, 0.1) is 0 Å². The molecule has 0 atom stereocenters. The molecule has 0 bridgehead atoms. The summed E-state index contributed by atoms with van der Waals surface area (Å²) in [5, 5.41) is 13.0. The topological polar surface area (TPSA) is 36.4 Å². The van der Waals surface area contributed by atoms with Crippen molar-refractivity contribution in [2.24, 2.45) is 0 Å². The van der Waals surface area contributed by atoms with E-state index < -0.39 is 5.60 Å². The quantitative estimate of drug-likeness (QED) is 0.797. The smallest absolute Gasteiger partial charge is 0.137 e. The molecule has 2 aromatic heterocycles. The van der Waals surface area contributed by atoms with Crippen molar-refractivity contribution in [2.75, 3.05) is 18.0 Å². The maximum Gasteiger partial charge on any atom is 0.137 e. The second-order valence-corrected chi connectivity index (χ2v) is 5.27. The summed E-state index contributed by atoms with van der Waals surface area (Å²) in [6, 6.07) is 4.12. The number of anilines is 1. The van der Waals surface area contributed by atoms with Gasteiger partial charge in [-0.3, -0.25) is 0 Å². The Morgan fingerprint density at radius 3 is 3.00 bits per heavy atom. The van der Waals surface area contributed by atoms with Crippen molar-refractivity contribution in [1.29, 1.82) is 0 Å². The van der Waals surface area contributed by atoms with Crippen LogP contribution in [0.2, 0.25) is 0 Å². The lowest BCUT2D eigenvalue weighted by molar-refractivity contribution is 0.0307. The Balaban J connectivity index is 2.02. The zero-order valence-electron chi connectivity index (χ0n) is 8.47. The van der Waals surface area contributed by atoms with Gasteiger partial charge in [-0.1, -0.05) is 0 Å². The number of hydrogen-bond donors (Lipinski definition) is 1. The number of aliphatic hydroxyl groups is 1. The Labute approximate surface area is 92.0 Å². The molecular weight excluding hydrogens is 208 g/mol. The number of β-amino-alcohol motifs (C(OH)–C–C–N with tert-alkyl or cyclic N) is 1. The second kappa shape index (κ2) is 2.93. The summed E-state index contributed by atoms with van der Waals surface area (Å²) in [7, 11) is 0. The first-order valence-corrected chi connectivity index (χ1v) is 5.83. The Hall–Kier alpha value is -1.13. The van der Waals surface area contributed by atoms with Crippen LogP contribution < -0.4 is 4.90 Å². The minimum atomic E-state index is -0.542. The third-order valence-electron chi connectivity index (χ3n) is 2.72. The highest BCUT2D eigenvalue weighted by atomic mass is 32.1. The molecule has 1 N–H and O–H groups in total. The molecule has 3 rings (SSSR count). The van der Waals surface area contributed by atoms with Gasteiger partial charge in [0, 0.05) is 29.4 Å². The average Bonchev–Trinajstić information content (AvgIpc) is 2.60. The van der Waals surface area contributed by atoms with Gasteiger partial charge < -0.3 is 10.0 Å². The Bertz CT molecular complexity index is 498. The van der Waals surface area contributed by atoms with Crippen LogP contribution in [0.4, 0.5) is 5.82 Å². The zero-order chi connectivity index (χ0) is 10.5. The maximum atomic E-state index is 9.70. The lowest BCUT2D eigenvalue weighted by Crippen LogP contribution is -2.60. The van der Waals surface area contributed by atoms with Crippen LogP contribution in [0.1, 0.15) is 6.92 Å². The van der Waals surface area contributed by atoms with E-state index in [2.05, 4.69) is 21.3 Å². The maximum absolute atomic E-state index is 9.70. The van der Waals surface area contributed by atoms with Gasteiger partial charge in [0.05, 0.1) is 5.60 Å². The predicted molar refractivity (Wildman–Crippen MR) is 62.5 cm³/mol. The molecule has 2 aromatic rings. The third-order valence-corrected chi connectivity index (χ3v) is 3.60. The van der Waals surface area contributed by atoms with Gasteiger partial charge in [-0.15, -0.1) is 11.3 Å². The largest absolute Gasteiger partial charge is 0.386 e. The summed E-state index contributed by atoms with van der Waals surface area (Å²) in [6.45, 7) is 3.21. The van der Waals surface area contributed by atoms with Crippen molar-refractivity contribution in [3.8, 4) is 0 Å². The monoisotopic (exact) mass is 220 g/mol. The van der Waals surface area contributed by atoms with Gasteiger partial charge in [0.15, 0.2) is 0 Å². The van der Waals surface area contributed by atoms with Crippen LogP contribution in [0.5, 0.6) is 0 Å². The van der Waals surface area contributed by atoms with Crippen LogP contribution in [0.15, 0.2) is 23.7 Å². The van der Waals surface area contributed by atoms with Crippen molar-refractivity contribution in [2.45, 2.75) is 12.5 Å². The minimum Gasteiger partial charge on any atom is -0.386 e. The Morgan fingerprint density at radius 2 is 2.27 bits per heavy atom. The molecule has 1 fully saturated rings. The highest BCUT2D eigenvalue weighted by molar-refractivity contribution is 7.17. The van der Waals surface area contributed by atoms with Gasteiger partial charge in [0.25, 0.3) is 0 Å². The first kappa shape index (κ1) is 9.12. The first-order valence-electron chi connectivity index (χ1n) is 4.95. The summed E-state index contributed by atoms with van der Waals surface area (Å²) in [6.07, 6.45) is 1.83. The standard InChI is InChI=1S/C11H12N2OS/c1-11(14)6-13(7-11)10-8-3-5-15-9(8)2-4-12-10/h2-5,14H,6-7H2,1H3. The third kappa shape index (κ3) is 1.41. The van der Waals surface area contributed by atoms with Crippen LogP contribution in [-0.2, 0) is 0 Å². The highest BCUT2D eigenvalue weighted by Gasteiger charge is 2.37. The summed E-state index contributed by atoms with van der Waals surface area (Å²) in [4.78, 5) is 6.51. The number of pyridine rings is 1. The van der Waals surface area contributed by atoms with Crippen LogP contribution in [-0.4, -0.2) is 28.8 Å². The summed E-state index contributed by atoms with van der Waals surface area (Å²) in [5.41, 5.74) is -0.542. The molecular formula is C11H12N2OS. The molecule has 3 nitrogen and oxygen atoms in total. The first-order chi connectivity index (χ1) is 7.16. The summed E-state index contributed by atoms with van der Waals surface area (Å²) < 4.78 is 1.26. The molecule has 0 amide bonds. The van der Waals surface area contributed by atoms with Gasteiger partial charge in [-0.2, -0.15) is 0 Å². The van der Waals surface area contributed by atoms with E-state index in [1.165, 1.54) is 10.1 Å². The van der Waals surface area contributed by atoms with E-state index in [-0.39, 0.29) is 0 Å². The van der Waals surface area contributed by atoms with E-state index in [0.29, 0.717) is 13.1 Å². The minimum absolute atomic E-state index is 0.542. The molecule has 1 aliphatic heterocycles. The van der Waals surface area contributed by atoms with Crippen molar-refractivity contribution < 1.29 is 5.11 Å². The molecule has 0 spiro atoms. The molecule has 15 heavy (non-hydrogen) atoms. The van der Waals surface area contributed by atoms with Crippen LogP contribution in [0.25, 0.3) is 10.1 Å². The van der Waals surface area contributed by atoms with E-state index in [4.69, 9.17) is 0 Å². The molecule has 0 aromatic carbocycles. The Morgan fingerprint density at radius 1 is 1.47 bits per heavy atom. The van der Waals surface area contributed by atoms with E-state index in [9.17, 15) is 5.11 Å². The Kier molecular flexibility index (Phi) is 1.78. The normalized spacial score (nSPS) is 19.2. The predicted octanol–water partition coefficient (Wildman–Crippen LogP) is 1.87. The fourth-order valence-corrected chi connectivity index (χ4v) is 2.83. The fraction of sp³-hybridized carbons (Fsp3) is 0.364. The molecule has 1 saturated heterocycles. The van der Waals surface area contributed by atoms with Crippen molar-refractivity contribution in [3.63, 3.8) is 0 Å². The van der Waals surface area contributed by atoms with Crippen molar-refractivity contribution in [1.82, 2.24) is 4.98 Å². The van der Waals surface area contributed by atoms with Crippen molar-refractivity contribution in [3.05, 3.63) is 23.7 Å². The van der Waals surface area contributed by atoms with Crippen molar-refractivity contribution >= 4 is 27.2 Å². The molecule has 78 valence electrons. The summed E-state index contributed by atoms with van der Waals surface area (Å²) >= 11 is 1.72. The molecule has 1 aliphatic rings. The molecule has 0 aliphatic carbocycles. The van der Waals surface area contributed by atoms with Gasteiger partial charge in [0.2, 0.25) is 0 Å². The number of nitrogens with zero attached hydrogens (tertiary/aromatic N) is 2. The lowest BCUT2D eigenvalue weighted by atomic mass is 9.97. The van der Waals surface area contributed by atoms with E-state index in [0.717, 1.165) is 5.82 Å². The second-order valence-electron chi connectivity index (χ2n) is 4.32. The number of fused-ring (bicyclic) bond motifs is 1. The van der Waals surface area contributed by atoms with E-state index >= 15 is 0 Å². The molecule has 4 heteroatoms. The van der Waals surface area contributed by atoms with Gasteiger partial charge in [-0.25, -0.2) is 4.98 Å². The van der Waals surface area contributed by atoms with E-state index in [1.807, 2.05) is 19.2 Å². The number of rotatable bonds is 1. The molecule has 0 unspecified atom stereocenters. The SMILES string of the molecule is CC1(O)CN(c2nccc3sccc23)C1. The number of hydrogen-bond acceptors (Lipinski definition) is 4. The van der Waals surface area contributed by atoms with Gasteiger partial charge in [-0.05, 0) is 24.4 Å². The fourth-order valence-electron chi connectivity index (χ4n) is 2.06. The van der Waals surface area contributed by atoms with Crippen LogP contribution in [0.3, 0.4) is 0 Å². The van der Waals surface area contributed by atoms with Gasteiger partial charge >= 0.3 is 0 Å². The molecule has 0 saturated carbocycles.